The number of pyridine rings is 1. The molecule has 0 unspecified atom stereocenters. The van der Waals surface area contributed by atoms with Crippen molar-refractivity contribution in [1.82, 2.24) is 4.98 Å². The molecule has 0 aliphatic carbocycles. The molecule has 1 aromatic heterocycles. The first-order valence-corrected chi connectivity index (χ1v) is 2.69. The SMILES string of the molecule is Cc1cccc(C)n1.[Cu]. The van der Waals surface area contributed by atoms with Crippen LogP contribution in [0.3, 0.4) is 0 Å². The number of hydrogen-bond donors (Lipinski definition) is 0. The Kier molecular flexibility index (Phi) is 3.51. The van der Waals surface area contributed by atoms with Crippen LogP contribution in [0.4, 0.5) is 0 Å². The smallest absolute Gasteiger partial charge is 0.0375 e. The Morgan fingerprint density at radius 2 is 1.56 bits per heavy atom. The second-order valence-electron chi connectivity index (χ2n) is 1.92. The third kappa shape index (κ3) is 2.64. The van der Waals surface area contributed by atoms with Gasteiger partial charge in [0.25, 0.3) is 0 Å². The molecule has 0 bridgehead atoms. The second-order valence-corrected chi connectivity index (χ2v) is 1.92. The molecule has 1 heterocycles. The topological polar surface area (TPSA) is 12.9 Å². The number of aryl methyl sites for hydroxylation is 2. The van der Waals surface area contributed by atoms with Crippen molar-refractivity contribution < 1.29 is 17.1 Å². The van der Waals surface area contributed by atoms with Crippen LogP contribution in [-0.2, 0) is 17.1 Å². The van der Waals surface area contributed by atoms with Crippen molar-refractivity contribution in [3.63, 3.8) is 0 Å². The summed E-state index contributed by atoms with van der Waals surface area (Å²) in [6.45, 7) is 3.99. The fourth-order valence-electron chi connectivity index (χ4n) is 0.679. The molecule has 0 fully saturated rings. The maximum absolute atomic E-state index is 4.17. The third-order valence-corrected chi connectivity index (χ3v) is 1.03. The average molecular weight is 171 g/mol. The van der Waals surface area contributed by atoms with Gasteiger partial charge in [0.15, 0.2) is 0 Å². The molecule has 1 aromatic rings. The molecule has 0 aliphatic rings. The van der Waals surface area contributed by atoms with Crippen LogP contribution in [0.2, 0.25) is 0 Å². The molecule has 0 amide bonds. The predicted molar refractivity (Wildman–Crippen MR) is 33.7 cm³/mol. The van der Waals surface area contributed by atoms with Gasteiger partial charge in [-0.1, -0.05) is 6.07 Å². The second kappa shape index (κ2) is 3.65. The summed E-state index contributed by atoms with van der Waals surface area (Å²) in [5, 5.41) is 0. The van der Waals surface area contributed by atoms with Gasteiger partial charge in [0.2, 0.25) is 0 Å². The molecule has 1 radical (unpaired) electrons. The minimum Gasteiger partial charge on any atom is -0.258 e. The van der Waals surface area contributed by atoms with Gasteiger partial charge < -0.3 is 0 Å². The molecule has 1 nitrogen and oxygen atoms in total. The predicted octanol–water partition coefficient (Wildman–Crippen LogP) is 1.70. The van der Waals surface area contributed by atoms with Crippen LogP contribution in [-0.4, -0.2) is 4.98 Å². The number of rotatable bonds is 0. The first-order chi connectivity index (χ1) is 3.79. The zero-order valence-corrected chi connectivity index (χ0v) is 6.42. The third-order valence-electron chi connectivity index (χ3n) is 1.03. The quantitative estimate of drug-likeness (QED) is 0.541. The van der Waals surface area contributed by atoms with E-state index in [1.807, 2.05) is 32.0 Å². The molecule has 0 saturated carbocycles. The van der Waals surface area contributed by atoms with Crippen molar-refractivity contribution in [3.8, 4) is 0 Å². The van der Waals surface area contributed by atoms with E-state index in [4.69, 9.17) is 0 Å². The van der Waals surface area contributed by atoms with Gasteiger partial charge in [0.1, 0.15) is 0 Å². The Morgan fingerprint density at radius 3 is 1.78 bits per heavy atom. The summed E-state index contributed by atoms with van der Waals surface area (Å²) in [5.41, 5.74) is 2.18. The number of aromatic nitrogens is 1. The summed E-state index contributed by atoms with van der Waals surface area (Å²) >= 11 is 0. The fraction of sp³-hybridized carbons (Fsp3) is 0.286. The standard InChI is InChI=1S/C7H9N.Cu/c1-6-4-3-5-7(2)8-6;/h3-5H,1-2H3;. The summed E-state index contributed by atoms with van der Waals surface area (Å²) < 4.78 is 0. The largest absolute Gasteiger partial charge is 0.258 e. The van der Waals surface area contributed by atoms with E-state index in [-0.39, 0.29) is 17.1 Å². The van der Waals surface area contributed by atoms with E-state index in [0.29, 0.717) is 0 Å². The first kappa shape index (κ1) is 8.67. The molecule has 1 rings (SSSR count). The van der Waals surface area contributed by atoms with E-state index in [1.54, 1.807) is 0 Å². The van der Waals surface area contributed by atoms with Gasteiger partial charge >= 0.3 is 0 Å². The zero-order chi connectivity index (χ0) is 5.98. The Hall–Kier alpha value is -0.331. The van der Waals surface area contributed by atoms with Crippen LogP contribution in [0.5, 0.6) is 0 Å². The molecule has 0 saturated heterocycles. The Balaban J connectivity index is 0.000000640. The normalized spacial score (nSPS) is 8.22. The minimum absolute atomic E-state index is 0. The van der Waals surface area contributed by atoms with Crippen LogP contribution in [0.25, 0.3) is 0 Å². The van der Waals surface area contributed by atoms with Crippen LogP contribution < -0.4 is 0 Å². The zero-order valence-electron chi connectivity index (χ0n) is 5.48. The van der Waals surface area contributed by atoms with Crippen molar-refractivity contribution in [2.75, 3.05) is 0 Å². The van der Waals surface area contributed by atoms with E-state index < -0.39 is 0 Å². The maximum Gasteiger partial charge on any atom is 0.0375 e. The molecular weight excluding hydrogens is 162 g/mol. The molecule has 53 valence electrons. The molecule has 9 heavy (non-hydrogen) atoms. The maximum atomic E-state index is 4.17. The first-order valence-electron chi connectivity index (χ1n) is 2.69. The molecule has 0 atom stereocenters. The fourth-order valence-corrected chi connectivity index (χ4v) is 0.679. The Morgan fingerprint density at radius 1 is 1.11 bits per heavy atom. The summed E-state index contributed by atoms with van der Waals surface area (Å²) in [4.78, 5) is 4.17. The number of nitrogens with zero attached hydrogens (tertiary/aromatic N) is 1. The summed E-state index contributed by atoms with van der Waals surface area (Å²) in [7, 11) is 0. The van der Waals surface area contributed by atoms with Gasteiger partial charge in [-0.05, 0) is 26.0 Å². The average Bonchev–Trinajstić information content (AvgIpc) is 1.64. The molecule has 2 heteroatoms. The molecule has 0 aliphatic heterocycles. The Bertz CT molecular complexity index is 169. The van der Waals surface area contributed by atoms with Gasteiger partial charge in [-0.3, -0.25) is 4.98 Å². The van der Waals surface area contributed by atoms with Crippen LogP contribution in [0.1, 0.15) is 11.4 Å². The van der Waals surface area contributed by atoms with Gasteiger partial charge in [0, 0.05) is 28.5 Å². The van der Waals surface area contributed by atoms with E-state index >= 15 is 0 Å². The van der Waals surface area contributed by atoms with Crippen LogP contribution in [0, 0.1) is 13.8 Å². The van der Waals surface area contributed by atoms with Crippen molar-refractivity contribution in [3.05, 3.63) is 29.6 Å². The van der Waals surface area contributed by atoms with E-state index in [1.165, 1.54) is 0 Å². The molecule has 0 spiro atoms. The van der Waals surface area contributed by atoms with Crippen molar-refractivity contribution in [1.29, 1.82) is 0 Å². The van der Waals surface area contributed by atoms with Crippen molar-refractivity contribution in [2.45, 2.75) is 13.8 Å². The number of hydrogen-bond acceptors (Lipinski definition) is 1. The van der Waals surface area contributed by atoms with Gasteiger partial charge in [-0.2, -0.15) is 0 Å². The molecular formula is C7H9CuN. The van der Waals surface area contributed by atoms with Gasteiger partial charge in [0.05, 0.1) is 0 Å². The van der Waals surface area contributed by atoms with Crippen LogP contribution in [0.15, 0.2) is 18.2 Å². The van der Waals surface area contributed by atoms with E-state index in [2.05, 4.69) is 4.98 Å². The molecule has 0 aromatic carbocycles. The van der Waals surface area contributed by atoms with Crippen molar-refractivity contribution >= 4 is 0 Å². The Labute approximate surface area is 66.0 Å². The van der Waals surface area contributed by atoms with E-state index in [9.17, 15) is 0 Å². The summed E-state index contributed by atoms with van der Waals surface area (Å²) in [5.74, 6) is 0. The monoisotopic (exact) mass is 170 g/mol. The van der Waals surface area contributed by atoms with E-state index in [0.717, 1.165) is 11.4 Å². The van der Waals surface area contributed by atoms with Crippen molar-refractivity contribution in [2.24, 2.45) is 0 Å². The van der Waals surface area contributed by atoms with Gasteiger partial charge in [-0.15, -0.1) is 0 Å². The van der Waals surface area contributed by atoms with Crippen LogP contribution >= 0.6 is 0 Å². The van der Waals surface area contributed by atoms with Gasteiger partial charge in [-0.25, -0.2) is 0 Å². The minimum atomic E-state index is 0. The summed E-state index contributed by atoms with van der Waals surface area (Å²) in [6.07, 6.45) is 0. The summed E-state index contributed by atoms with van der Waals surface area (Å²) in [6, 6.07) is 6.00. The molecule has 0 N–H and O–H groups in total.